The number of Topliss-reactive ketones (excluding diaryl/α,β-unsaturated/α-hetero) is 1. The molecular weight excluding hydrogens is 429 g/mol. The molecule has 7 heteroatoms. The second-order valence-corrected chi connectivity index (χ2v) is 9.72. The molecule has 2 aliphatic heterocycles. The van der Waals surface area contributed by atoms with Crippen LogP contribution in [0.5, 0.6) is 0 Å². The Morgan fingerprint density at radius 1 is 1.34 bits per heavy atom. The Hall–Kier alpha value is -2.02. The molecule has 0 bridgehead atoms. The smallest absolute Gasteiger partial charge is 0.146 e. The molecule has 0 spiro atoms. The number of carbonyl (C=O) groups excluding carboxylic acids is 1. The monoisotopic (exact) mass is 459 g/mol. The molecule has 1 atom stereocenters. The lowest BCUT2D eigenvalue weighted by Gasteiger charge is -2.34. The van der Waals surface area contributed by atoms with E-state index in [0.717, 1.165) is 63.1 Å². The van der Waals surface area contributed by atoms with Gasteiger partial charge in [-0.1, -0.05) is 24.6 Å². The number of aromatic nitrogens is 1. The Kier molecular flexibility index (Phi) is 7.44. The van der Waals surface area contributed by atoms with E-state index < -0.39 is 0 Å². The summed E-state index contributed by atoms with van der Waals surface area (Å²) < 4.78 is 20.0. The number of ketones is 1. The van der Waals surface area contributed by atoms with E-state index in [1.165, 1.54) is 6.07 Å². The van der Waals surface area contributed by atoms with Gasteiger partial charge < -0.3 is 15.4 Å². The molecular formula is C25H31ClFN3O2. The number of nitrogens with zero attached hydrogens (tertiary/aromatic N) is 1. The number of ether oxygens (including phenoxy) is 1. The minimum absolute atomic E-state index is 0.0397. The predicted molar refractivity (Wildman–Crippen MR) is 126 cm³/mol. The first-order chi connectivity index (χ1) is 15.4. The molecule has 1 aromatic heterocycles. The fourth-order valence-corrected chi connectivity index (χ4v) is 4.64. The summed E-state index contributed by atoms with van der Waals surface area (Å²) in [5.41, 5.74) is 2.77. The fourth-order valence-electron chi connectivity index (χ4n) is 4.43. The quantitative estimate of drug-likeness (QED) is 0.617. The number of halogens is 2. The third-order valence-corrected chi connectivity index (χ3v) is 7.00. The van der Waals surface area contributed by atoms with Gasteiger partial charge in [-0.3, -0.25) is 9.78 Å². The Balaban J connectivity index is 1.50. The molecule has 0 radical (unpaired) electrons. The maximum atomic E-state index is 14.5. The zero-order valence-corrected chi connectivity index (χ0v) is 19.3. The summed E-state index contributed by atoms with van der Waals surface area (Å²) in [7, 11) is 0. The minimum Gasteiger partial charge on any atom is -0.382 e. The molecule has 0 saturated carbocycles. The van der Waals surface area contributed by atoms with Gasteiger partial charge in [0, 0.05) is 56.1 Å². The van der Waals surface area contributed by atoms with Crippen LogP contribution < -0.4 is 10.6 Å². The van der Waals surface area contributed by atoms with Crippen molar-refractivity contribution in [2.24, 2.45) is 11.3 Å². The van der Waals surface area contributed by atoms with Crippen molar-refractivity contribution in [2.75, 3.05) is 38.2 Å². The predicted octanol–water partition coefficient (Wildman–Crippen LogP) is 4.88. The van der Waals surface area contributed by atoms with Crippen LogP contribution >= 0.6 is 11.6 Å². The second kappa shape index (κ2) is 10.3. The van der Waals surface area contributed by atoms with Gasteiger partial charge in [-0.15, -0.1) is 0 Å². The normalized spacial score (nSPS) is 20.7. The highest BCUT2D eigenvalue weighted by Gasteiger charge is 2.27. The molecule has 172 valence electrons. The fraction of sp³-hybridized carbons (Fsp3) is 0.520. The summed E-state index contributed by atoms with van der Waals surface area (Å²) >= 11 is 6.44. The van der Waals surface area contributed by atoms with Crippen LogP contribution in [0, 0.1) is 17.2 Å². The van der Waals surface area contributed by atoms with Crippen LogP contribution in [0.25, 0.3) is 11.1 Å². The van der Waals surface area contributed by atoms with E-state index in [2.05, 4.69) is 22.5 Å². The van der Waals surface area contributed by atoms with Gasteiger partial charge in [0.05, 0.1) is 10.7 Å². The molecule has 5 nitrogen and oxygen atoms in total. The summed E-state index contributed by atoms with van der Waals surface area (Å²) in [5.74, 6) is -0.0585. The van der Waals surface area contributed by atoms with Crippen LogP contribution in [0.2, 0.25) is 5.02 Å². The minimum atomic E-state index is -0.296. The Labute approximate surface area is 194 Å². The van der Waals surface area contributed by atoms with Crippen LogP contribution in [0.1, 0.15) is 38.3 Å². The van der Waals surface area contributed by atoms with Crippen molar-refractivity contribution in [2.45, 2.75) is 39.0 Å². The summed E-state index contributed by atoms with van der Waals surface area (Å²) in [6.07, 6.45) is 5.70. The topological polar surface area (TPSA) is 63.2 Å². The number of benzene rings is 1. The van der Waals surface area contributed by atoms with E-state index in [1.54, 1.807) is 18.3 Å². The first kappa shape index (κ1) is 23.1. The lowest BCUT2D eigenvalue weighted by atomic mass is 9.82. The van der Waals surface area contributed by atoms with E-state index in [9.17, 15) is 9.18 Å². The van der Waals surface area contributed by atoms with Gasteiger partial charge in [-0.2, -0.15) is 0 Å². The molecule has 0 aliphatic carbocycles. The lowest BCUT2D eigenvalue weighted by molar-refractivity contribution is -0.122. The molecule has 2 N–H and O–H groups in total. The Bertz CT molecular complexity index is 956. The average Bonchev–Trinajstić information content (AvgIpc) is 2.81. The van der Waals surface area contributed by atoms with Gasteiger partial charge in [-0.05, 0) is 61.4 Å². The number of carbonyl (C=O) groups is 1. The van der Waals surface area contributed by atoms with E-state index >= 15 is 0 Å². The number of nitrogens with one attached hydrogen (secondary N) is 2. The Morgan fingerprint density at radius 3 is 2.91 bits per heavy atom. The van der Waals surface area contributed by atoms with Crippen LogP contribution in [-0.4, -0.2) is 43.6 Å². The van der Waals surface area contributed by atoms with Crippen LogP contribution in [-0.2, 0) is 16.0 Å². The van der Waals surface area contributed by atoms with Crippen molar-refractivity contribution in [1.29, 1.82) is 0 Å². The van der Waals surface area contributed by atoms with Crippen LogP contribution in [0.4, 0.5) is 10.1 Å². The molecule has 2 saturated heterocycles. The highest BCUT2D eigenvalue weighted by molar-refractivity contribution is 6.33. The molecule has 4 rings (SSSR count). The SMILES string of the molecule is CC1(CNc2cc(-c3cc(CC(=O)[C@@H]4CCCNC4)ncc3Cl)ccc2F)CCOCC1. The maximum absolute atomic E-state index is 14.5. The number of anilines is 1. The summed E-state index contributed by atoms with van der Waals surface area (Å²) in [5, 5.41) is 7.06. The number of piperidine rings is 1. The number of hydrogen-bond donors (Lipinski definition) is 2. The molecule has 2 aliphatic rings. The summed E-state index contributed by atoms with van der Waals surface area (Å²) in [4.78, 5) is 17.1. The standard InChI is InChI=1S/C25H31ClFN3O2/c1-25(6-9-32-10-7-25)16-30-23-11-17(4-5-22(23)27)20-12-19(29-15-21(20)26)13-24(31)18-3-2-8-28-14-18/h4-5,11-12,15,18,28,30H,2-3,6-10,13-14,16H2,1H3/t18-/m1/s1. The second-order valence-electron chi connectivity index (χ2n) is 9.31. The van der Waals surface area contributed by atoms with Gasteiger partial charge in [-0.25, -0.2) is 4.39 Å². The van der Waals surface area contributed by atoms with Gasteiger partial charge >= 0.3 is 0 Å². The summed E-state index contributed by atoms with van der Waals surface area (Å²) in [6.45, 7) is 6.07. The number of hydrogen-bond acceptors (Lipinski definition) is 5. The number of rotatable bonds is 7. The molecule has 2 aromatic rings. The molecule has 32 heavy (non-hydrogen) atoms. The van der Waals surface area contributed by atoms with Crippen molar-refractivity contribution >= 4 is 23.1 Å². The zero-order chi connectivity index (χ0) is 22.6. The zero-order valence-electron chi connectivity index (χ0n) is 18.6. The molecule has 0 amide bonds. The lowest BCUT2D eigenvalue weighted by Crippen LogP contribution is -2.35. The van der Waals surface area contributed by atoms with E-state index in [0.29, 0.717) is 22.9 Å². The van der Waals surface area contributed by atoms with Crippen molar-refractivity contribution in [3.05, 3.63) is 47.0 Å². The van der Waals surface area contributed by atoms with Crippen molar-refractivity contribution in [3.63, 3.8) is 0 Å². The molecule has 1 aromatic carbocycles. The van der Waals surface area contributed by atoms with Crippen molar-refractivity contribution in [3.8, 4) is 11.1 Å². The van der Waals surface area contributed by atoms with Gasteiger partial charge in [0.25, 0.3) is 0 Å². The highest BCUT2D eigenvalue weighted by Crippen LogP contribution is 2.33. The first-order valence-electron chi connectivity index (χ1n) is 11.4. The van der Waals surface area contributed by atoms with Gasteiger partial charge in [0.15, 0.2) is 0 Å². The van der Waals surface area contributed by atoms with Gasteiger partial charge in [0.1, 0.15) is 11.6 Å². The molecule has 0 unspecified atom stereocenters. The average molecular weight is 460 g/mol. The third kappa shape index (κ3) is 5.66. The van der Waals surface area contributed by atoms with E-state index in [-0.39, 0.29) is 29.4 Å². The maximum Gasteiger partial charge on any atom is 0.146 e. The van der Waals surface area contributed by atoms with Crippen molar-refractivity contribution < 1.29 is 13.9 Å². The van der Waals surface area contributed by atoms with E-state index in [4.69, 9.17) is 16.3 Å². The molecule has 3 heterocycles. The van der Waals surface area contributed by atoms with Crippen LogP contribution in [0.3, 0.4) is 0 Å². The van der Waals surface area contributed by atoms with E-state index in [1.807, 2.05) is 6.07 Å². The van der Waals surface area contributed by atoms with Crippen molar-refractivity contribution in [1.82, 2.24) is 10.3 Å². The first-order valence-corrected chi connectivity index (χ1v) is 11.8. The third-order valence-electron chi connectivity index (χ3n) is 6.70. The number of pyridine rings is 1. The Morgan fingerprint density at radius 2 is 2.16 bits per heavy atom. The molecule has 2 fully saturated rings. The van der Waals surface area contributed by atoms with Crippen LogP contribution in [0.15, 0.2) is 30.5 Å². The largest absolute Gasteiger partial charge is 0.382 e. The summed E-state index contributed by atoms with van der Waals surface area (Å²) in [6, 6.07) is 6.82. The highest BCUT2D eigenvalue weighted by atomic mass is 35.5. The van der Waals surface area contributed by atoms with Gasteiger partial charge in [0.2, 0.25) is 0 Å².